The van der Waals surface area contributed by atoms with E-state index in [0.717, 1.165) is 29.0 Å². The van der Waals surface area contributed by atoms with Crippen LogP contribution >= 0.6 is 0 Å². The first-order valence-corrected chi connectivity index (χ1v) is 10.1. The largest absolute Gasteiger partial charge is 0.395 e. The minimum atomic E-state index is -1.38. The average molecular weight is 428 g/mol. The van der Waals surface area contributed by atoms with Gasteiger partial charge in [0.2, 0.25) is 5.91 Å². The molecule has 1 atom stereocenters. The lowest BCUT2D eigenvalue weighted by Gasteiger charge is -2.25. The molecule has 0 fully saturated rings. The standard InChI is InChI=1S/C23H29N3O5/c1-24-22(30)21(20(29)15-28)26(2)23(31)18-9-5-16(6-10-18)3-4-17-7-11-19(12-8-17)25-13-14-27/h5-12,21,25,27-28H,3-4,13-15H2,1-2H3,(H,24,30). The molecule has 0 aliphatic heterocycles. The zero-order valence-electron chi connectivity index (χ0n) is 17.8. The number of amides is 2. The maximum atomic E-state index is 12.7. The summed E-state index contributed by atoms with van der Waals surface area (Å²) < 4.78 is 0. The van der Waals surface area contributed by atoms with E-state index in [1.807, 2.05) is 36.4 Å². The highest BCUT2D eigenvalue weighted by atomic mass is 16.3. The quantitative estimate of drug-likeness (QED) is 0.391. The Morgan fingerprint density at radius 3 is 1.97 bits per heavy atom. The molecule has 2 aromatic rings. The van der Waals surface area contributed by atoms with Crippen molar-refractivity contribution < 1.29 is 24.6 Å². The van der Waals surface area contributed by atoms with E-state index in [0.29, 0.717) is 12.1 Å². The van der Waals surface area contributed by atoms with E-state index in [-0.39, 0.29) is 6.61 Å². The zero-order valence-corrected chi connectivity index (χ0v) is 17.8. The van der Waals surface area contributed by atoms with E-state index >= 15 is 0 Å². The molecular formula is C23H29N3O5. The summed E-state index contributed by atoms with van der Waals surface area (Å²) in [5, 5.41) is 23.4. The number of nitrogens with zero attached hydrogens (tertiary/aromatic N) is 1. The summed E-state index contributed by atoms with van der Waals surface area (Å²) in [6, 6.07) is 13.7. The van der Waals surface area contributed by atoms with Gasteiger partial charge in [0.25, 0.3) is 5.91 Å². The second-order valence-corrected chi connectivity index (χ2v) is 7.10. The van der Waals surface area contributed by atoms with Crippen molar-refractivity contribution in [2.24, 2.45) is 0 Å². The number of likely N-dealkylation sites (N-methyl/N-ethyl adjacent to an activating group) is 2. The number of nitrogens with one attached hydrogen (secondary N) is 2. The molecule has 0 saturated carbocycles. The predicted molar refractivity (Wildman–Crippen MR) is 118 cm³/mol. The van der Waals surface area contributed by atoms with Gasteiger partial charge in [-0.2, -0.15) is 0 Å². The Morgan fingerprint density at radius 1 is 0.935 bits per heavy atom. The number of hydrogen-bond donors (Lipinski definition) is 4. The van der Waals surface area contributed by atoms with E-state index in [1.165, 1.54) is 19.7 Å². The first-order valence-electron chi connectivity index (χ1n) is 10.1. The Labute approximate surface area is 181 Å². The number of ketones is 1. The molecule has 8 heteroatoms. The molecule has 2 rings (SSSR count). The van der Waals surface area contributed by atoms with Crippen LogP contribution in [0.5, 0.6) is 0 Å². The highest BCUT2D eigenvalue weighted by molar-refractivity contribution is 6.10. The first kappa shape index (κ1) is 24.0. The SMILES string of the molecule is CNC(=O)C(C(=O)CO)N(C)C(=O)c1ccc(CCc2ccc(NCCO)cc2)cc1. The molecule has 0 bridgehead atoms. The summed E-state index contributed by atoms with van der Waals surface area (Å²) in [4.78, 5) is 37.7. The van der Waals surface area contributed by atoms with E-state index in [2.05, 4.69) is 10.6 Å². The van der Waals surface area contributed by atoms with Crippen LogP contribution in [-0.2, 0) is 22.4 Å². The number of anilines is 1. The second kappa shape index (κ2) is 11.8. The Hall–Kier alpha value is -3.23. The van der Waals surface area contributed by atoms with E-state index in [4.69, 9.17) is 10.2 Å². The van der Waals surface area contributed by atoms with E-state index < -0.39 is 30.2 Å². The predicted octanol–water partition coefficient (Wildman–Crippen LogP) is 0.624. The van der Waals surface area contributed by atoms with Gasteiger partial charge in [-0.1, -0.05) is 24.3 Å². The number of benzene rings is 2. The maximum Gasteiger partial charge on any atom is 0.254 e. The van der Waals surface area contributed by atoms with Crippen molar-refractivity contribution in [3.8, 4) is 0 Å². The number of Topliss-reactive ketones (excluding diaryl/α,β-unsaturated/α-hetero) is 1. The number of rotatable bonds is 11. The summed E-state index contributed by atoms with van der Waals surface area (Å²) in [6.07, 6.45) is 1.62. The summed E-state index contributed by atoms with van der Waals surface area (Å²) in [5.41, 5.74) is 3.53. The number of aryl methyl sites for hydroxylation is 2. The van der Waals surface area contributed by atoms with Crippen molar-refractivity contribution in [3.63, 3.8) is 0 Å². The summed E-state index contributed by atoms with van der Waals surface area (Å²) >= 11 is 0. The Kier molecular flexibility index (Phi) is 9.17. The first-order chi connectivity index (χ1) is 14.9. The molecule has 8 nitrogen and oxygen atoms in total. The fraction of sp³-hybridized carbons (Fsp3) is 0.348. The van der Waals surface area contributed by atoms with Gasteiger partial charge in [-0.15, -0.1) is 0 Å². The minimum absolute atomic E-state index is 0.0836. The average Bonchev–Trinajstić information content (AvgIpc) is 2.81. The van der Waals surface area contributed by atoms with Crippen LogP contribution in [0.2, 0.25) is 0 Å². The van der Waals surface area contributed by atoms with Crippen LogP contribution < -0.4 is 10.6 Å². The van der Waals surface area contributed by atoms with E-state index in [1.54, 1.807) is 12.1 Å². The van der Waals surface area contributed by atoms with Gasteiger partial charge in [0.1, 0.15) is 6.61 Å². The number of carbonyl (C=O) groups is 3. The fourth-order valence-electron chi connectivity index (χ4n) is 3.17. The van der Waals surface area contributed by atoms with Gasteiger partial charge >= 0.3 is 0 Å². The van der Waals surface area contributed by atoms with Gasteiger partial charge in [-0.05, 0) is 48.2 Å². The molecule has 4 N–H and O–H groups in total. The molecule has 0 saturated heterocycles. The van der Waals surface area contributed by atoms with Gasteiger partial charge in [-0.3, -0.25) is 14.4 Å². The van der Waals surface area contributed by atoms with Gasteiger partial charge < -0.3 is 25.7 Å². The molecule has 0 heterocycles. The Balaban J connectivity index is 1.99. The van der Waals surface area contributed by atoms with Crippen LogP contribution in [-0.4, -0.2) is 72.6 Å². The van der Waals surface area contributed by atoms with Crippen molar-refractivity contribution in [1.29, 1.82) is 0 Å². The molecule has 0 aliphatic rings. The topological polar surface area (TPSA) is 119 Å². The molecular weight excluding hydrogens is 398 g/mol. The van der Waals surface area contributed by atoms with E-state index in [9.17, 15) is 14.4 Å². The third kappa shape index (κ3) is 6.63. The minimum Gasteiger partial charge on any atom is -0.395 e. The van der Waals surface area contributed by atoms with Crippen molar-refractivity contribution in [2.45, 2.75) is 18.9 Å². The molecule has 1 unspecified atom stereocenters. The molecule has 0 radical (unpaired) electrons. The lowest BCUT2D eigenvalue weighted by atomic mass is 10.0. The molecule has 2 aromatic carbocycles. The van der Waals surface area contributed by atoms with Crippen LogP contribution in [0.4, 0.5) is 5.69 Å². The fourth-order valence-corrected chi connectivity index (χ4v) is 3.17. The molecule has 0 aliphatic carbocycles. The summed E-state index contributed by atoms with van der Waals surface area (Å²) in [7, 11) is 2.73. The van der Waals surface area contributed by atoms with Crippen LogP contribution in [0.25, 0.3) is 0 Å². The third-order valence-electron chi connectivity index (χ3n) is 4.96. The Morgan fingerprint density at radius 2 is 1.48 bits per heavy atom. The number of carbonyl (C=O) groups excluding carboxylic acids is 3. The van der Waals surface area contributed by atoms with Crippen LogP contribution in [0.1, 0.15) is 21.5 Å². The third-order valence-corrected chi connectivity index (χ3v) is 4.96. The van der Waals surface area contributed by atoms with Gasteiger partial charge in [0.15, 0.2) is 11.8 Å². The zero-order chi connectivity index (χ0) is 22.8. The smallest absolute Gasteiger partial charge is 0.254 e. The Bertz CT molecular complexity index is 865. The van der Waals surface area contributed by atoms with Gasteiger partial charge in [0.05, 0.1) is 6.61 Å². The van der Waals surface area contributed by atoms with Crippen molar-refractivity contribution in [1.82, 2.24) is 10.2 Å². The summed E-state index contributed by atoms with van der Waals surface area (Å²) in [6.45, 7) is -0.231. The molecule has 166 valence electrons. The van der Waals surface area contributed by atoms with Crippen molar-refractivity contribution >= 4 is 23.3 Å². The van der Waals surface area contributed by atoms with Crippen LogP contribution in [0, 0.1) is 0 Å². The second-order valence-electron chi connectivity index (χ2n) is 7.10. The summed E-state index contributed by atoms with van der Waals surface area (Å²) in [5.74, 6) is -1.87. The molecule has 0 spiro atoms. The van der Waals surface area contributed by atoms with Gasteiger partial charge in [0, 0.05) is 31.9 Å². The maximum absolute atomic E-state index is 12.7. The van der Waals surface area contributed by atoms with Gasteiger partial charge in [-0.25, -0.2) is 0 Å². The van der Waals surface area contributed by atoms with Crippen molar-refractivity contribution in [3.05, 3.63) is 65.2 Å². The normalized spacial score (nSPS) is 11.5. The highest BCUT2D eigenvalue weighted by Crippen LogP contribution is 2.14. The lowest BCUT2D eigenvalue weighted by Crippen LogP contribution is -2.52. The van der Waals surface area contributed by atoms with Crippen LogP contribution in [0.3, 0.4) is 0 Å². The number of aliphatic hydroxyl groups excluding tert-OH is 2. The highest BCUT2D eigenvalue weighted by Gasteiger charge is 2.32. The number of hydrogen-bond acceptors (Lipinski definition) is 6. The van der Waals surface area contributed by atoms with Crippen LogP contribution in [0.15, 0.2) is 48.5 Å². The lowest BCUT2D eigenvalue weighted by molar-refractivity contribution is -0.135. The number of aliphatic hydroxyl groups is 2. The molecule has 2 amide bonds. The van der Waals surface area contributed by atoms with Crippen molar-refractivity contribution in [2.75, 3.05) is 39.2 Å². The molecule has 31 heavy (non-hydrogen) atoms. The monoisotopic (exact) mass is 427 g/mol. The molecule has 0 aromatic heterocycles.